The maximum absolute atomic E-state index is 14.6. The average molecular weight is 525 g/mol. The molecule has 9 heteroatoms. The van der Waals surface area contributed by atoms with Crippen molar-refractivity contribution >= 4 is 18.0 Å². The molecule has 0 spiro atoms. The van der Waals surface area contributed by atoms with Gasteiger partial charge in [0, 0.05) is 11.1 Å². The molecule has 3 N–H and O–H groups in total. The van der Waals surface area contributed by atoms with E-state index >= 15 is 0 Å². The van der Waals surface area contributed by atoms with Crippen LogP contribution < -0.4 is 11.1 Å². The van der Waals surface area contributed by atoms with Crippen LogP contribution in [0.1, 0.15) is 47.9 Å². The summed E-state index contributed by atoms with van der Waals surface area (Å²) in [6.07, 6.45) is -0.653. The van der Waals surface area contributed by atoms with E-state index in [0.29, 0.717) is 11.6 Å². The second-order valence-corrected chi connectivity index (χ2v) is 9.09. The molecule has 0 bridgehead atoms. The van der Waals surface area contributed by atoms with Crippen molar-refractivity contribution in [3.8, 4) is 0 Å². The molecule has 1 fully saturated rings. The van der Waals surface area contributed by atoms with Crippen LogP contribution in [-0.2, 0) is 22.9 Å². The van der Waals surface area contributed by atoms with Gasteiger partial charge in [0.15, 0.2) is 0 Å². The largest absolute Gasteiger partial charge is 0.416 e. The summed E-state index contributed by atoms with van der Waals surface area (Å²) in [5.41, 5.74) is 3.10. The maximum atomic E-state index is 14.6. The fraction of sp³-hybridized carbons (Fsp3) is 0.296. The number of hydrogen-bond donors (Lipinski definition) is 2. The molecule has 0 radical (unpaired) electrons. The lowest BCUT2D eigenvalue weighted by atomic mass is 9.76. The van der Waals surface area contributed by atoms with Gasteiger partial charge in [-0.2, -0.15) is 13.2 Å². The lowest BCUT2D eigenvalue weighted by Gasteiger charge is -2.40. The van der Waals surface area contributed by atoms with E-state index in [-0.39, 0.29) is 29.5 Å². The van der Waals surface area contributed by atoms with Crippen molar-refractivity contribution in [1.82, 2.24) is 5.32 Å². The van der Waals surface area contributed by atoms with Gasteiger partial charge in [0.25, 0.3) is 0 Å². The summed E-state index contributed by atoms with van der Waals surface area (Å²) in [4.78, 5) is 8.58. The van der Waals surface area contributed by atoms with Crippen LogP contribution in [0.15, 0.2) is 66.7 Å². The normalized spacial score (nSPS) is 15.6. The van der Waals surface area contributed by atoms with Gasteiger partial charge in [-0.1, -0.05) is 60.8 Å². The van der Waals surface area contributed by atoms with Crippen LogP contribution in [0.3, 0.4) is 0 Å². The van der Waals surface area contributed by atoms with Crippen molar-refractivity contribution in [2.75, 3.05) is 0 Å². The van der Waals surface area contributed by atoms with Crippen molar-refractivity contribution in [1.29, 1.82) is 0 Å². The third-order valence-corrected chi connectivity index (χ3v) is 6.54. The quantitative estimate of drug-likeness (QED) is 0.276. The molecule has 0 aliphatic heterocycles. The highest BCUT2D eigenvalue weighted by Crippen LogP contribution is 2.42. The molecule has 1 atom stereocenters. The summed E-state index contributed by atoms with van der Waals surface area (Å²) in [5.74, 6) is -1.56. The summed E-state index contributed by atoms with van der Waals surface area (Å²) >= 11 is 6.49. The van der Waals surface area contributed by atoms with E-state index in [1.165, 1.54) is 12.1 Å². The number of hydrogen-bond acceptors (Lipinski definition) is 2. The number of carbonyl (C=O) groups excluding carboxylic acids is 1. The SMILES string of the molecule is Fc1cc(C(F)(F)F)cc(C(Cc2ccccc2)(NC2CCCC2)c2ccc(F)cc2Cl)c1.NC=O. The van der Waals surface area contributed by atoms with E-state index in [4.69, 9.17) is 16.4 Å². The zero-order chi connectivity index (χ0) is 26.3. The molecular formula is C27H26ClF5N2O. The molecule has 1 aliphatic rings. The molecule has 1 amide bonds. The first-order valence-corrected chi connectivity index (χ1v) is 11.8. The Labute approximate surface area is 211 Å². The van der Waals surface area contributed by atoms with Gasteiger partial charge >= 0.3 is 6.18 Å². The minimum atomic E-state index is -4.73. The molecule has 4 rings (SSSR count). The first kappa shape index (κ1) is 27.6. The Morgan fingerprint density at radius 3 is 2.11 bits per heavy atom. The highest BCUT2D eigenvalue weighted by molar-refractivity contribution is 6.31. The van der Waals surface area contributed by atoms with E-state index in [9.17, 15) is 22.0 Å². The molecule has 0 saturated heterocycles. The highest BCUT2D eigenvalue weighted by Gasteiger charge is 2.41. The third kappa shape index (κ3) is 6.62. The van der Waals surface area contributed by atoms with Crippen LogP contribution in [-0.4, -0.2) is 12.5 Å². The Hall–Kier alpha value is -2.97. The molecule has 3 aromatic rings. The zero-order valence-electron chi connectivity index (χ0n) is 19.3. The van der Waals surface area contributed by atoms with E-state index < -0.39 is 28.9 Å². The monoisotopic (exact) mass is 524 g/mol. The fourth-order valence-corrected chi connectivity index (χ4v) is 5.05. The number of halogens is 6. The standard InChI is InChI=1S/C26H23ClF5N.CH3NO/c27-24-15-20(28)10-11-23(24)25(33-22-8-4-5-9-22,16-17-6-2-1-3-7-17)18-12-19(26(30,31)32)14-21(29)13-18;2-1-3/h1-3,6-7,10-15,22,33H,4-5,8-9,16H2;1H,(H2,2,3). The van der Waals surface area contributed by atoms with Crippen molar-refractivity contribution in [2.45, 2.75) is 49.9 Å². The van der Waals surface area contributed by atoms with E-state index in [2.05, 4.69) is 11.1 Å². The summed E-state index contributed by atoms with van der Waals surface area (Å²) < 4.78 is 69.5. The number of alkyl halides is 3. The first-order valence-electron chi connectivity index (χ1n) is 11.4. The maximum Gasteiger partial charge on any atom is 0.416 e. The van der Waals surface area contributed by atoms with Gasteiger partial charge in [0.2, 0.25) is 6.41 Å². The number of benzene rings is 3. The molecule has 3 nitrogen and oxygen atoms in total. The molecule has 3 aromatic carbocycles. The summed E-state index contributed by atoms with van der Waals surface area (Å²) in [6.45, 7) is 0. The second-order valence-electron chi connectivity index (χ2n) is 8.68. The second kappa shape index (κ2) is 11.8. The number of nitrogens with one attached hydrogen (secondary N) is 1. The predicted molar refractivity (Wildman–Crippen MR) is 129 cm³/mol. The van der Waals surface area contributed by atoms with Gasteiger partial charge in [-0.3, -0.25) is 4.79 Å². The number of nitrogens with two attached hydrogens (primary N) is 1. The zero-order valence-corrected chi connectivity index (χ0v) is 20.1. The number of carbonyl (C=O) groups is 1. The number of primary amides is 1. The van der Waals surface area contributed by atoms with Gasteiger partial charge < -0.3 is 11.1 Å². The minimum absolute atomic E-state index is 0.00700. The van der Waals surface area contributed by atoms with Crippen LogP contribution >= 0.6 is 11.6 Å². The number of rotatable bonds is 6. The van der Waals surface area contributed by atoms with Gasteiger partial charge in [0.1, 0.15) is 11.6 Å². The molecular weight excluding hydrogens is 499 g/mol. The summed E-state index contributed by atoms with van der Waals surface area (Å²) in [6, 6.07) is 15.6. The van der Waals surface area contributed by atoms with Crippen molar-refractivity contribution < 1.29 is 26.7 Å². The third-order valence-electron chi connectivity index (χ3n) is 6.23. The molecule has 1 aliphatic carbocycles. The van der Waals surface area contributed by atoms with Crippen LogP contribution in [0, 0.1) is 11.6 Å². The molecule has 1 unspecified atom stereocenters. The Morgan fingerprint density at radius 1 is 0.917 bits per heavy atom. The smallest absolute Gasteiger partial charge is 0.372 e. The van der Waals surface area contributed by atoms with Gasteiger partial charge in [0.05, 0.1) is 11.1 Å². The number of amides is 1. The van der Waals surface area contributed by atoms with Gasteiger partial charge in [-0.05, 0) is 66.3 Å². The lowest BCUT2D eigenvalue weighted by molar-refractivity contribution is -0.137. The van der Waals surface area contributed by atoms with E-state index in [1.807, 2.05) is 30.3 Å². The molecule has 0 aromatic heterocycles. The molecule has 0 heterocycles. The van der Waals surface area contributed by atoms with E-state index in [0.717, 1.165) is 49.4 Å². The van der Waals surface area contributed by atoms with Gasteiger partial charge in [-0.15, -0.1) is 0 Å². The van der Waals surface area contributed by atoms with Gasteiger partial charge in [-0.25, -0.2) is 8.78 Å². The first-order chi connectivity index (χ1) is 17.1. The van der Waals surface area contributed by atoms with Crippen LogP contribution in [0.4, 0.5) is 22.0 Å². The van der Waals surface area contributed by atoms with Crippen molar-refractivity contribution in [3.63, 3.8) is 0 Å². The lowest BCUT2D eigenvalue weighted by Crippen LogP contribution is -2.50. The predicted octanol–water partition coefficient (Wildman–Crippen LogP) is 6.76. The Kier molecular flexibility index (Phi) is 9.08. The van der Waals surface area contributed by atoms with E-state index in [1.54, 1.807) is 0 Å². The van der Waals surface area contributed by atoms with Crippen molar-refractivity contribution in [2.24, 2.45) is 5.73 Å². The summed E-state index contributed by atoms with van der Waals surface area (Å²) in [5, 5.41) is 3.60. The average Bonchev–Trinajstić information content (AvgIpc) is 3.32. The Bertz CT molecular complexity index is 1170. The Balaban J connectivity index is 0.00000115. The highest BCUT2D eigenvalue weighted by atomic mass is 35.5. The van der Waals surface area contributed by atoms with Crippen LogP contribution in [0.5, 0.6) is 0 Å². The molecule has 1 saturated carbocycles. The van der Waals surface area contributed by atoms with Crippen LogP contribution in [0.2, 0.25) is 5.02 Å². The van der Waals surface area contributed by atoms with Crippen LogP contribution in [0.25, 0.3) is 0 Å². The molecule has 192 valence electrons. The summed E-state index contributed by atoms with van der Waals surface area (Å²) in [7, 11) is 0. The minimum Gasteiger partial charge on any atom is -0.372 e. The Morgan fingerprint density at radius 2 is 1.53 bits per heavy atom. The topological polar surface area (TPSA) is 55.1 Å². The van der Waals surface area contributed by atoms with Crippen molar-refractivity contribution in [3.05, 3.63) is 106 Å². The fourth-order valence-electron chi connectivity index (χ4n) is 4.72. The molecule has 36 heavy (non-hydrogen) atoms.